The minimum absolute atomic E-state index is 0.193. The van der Waals surface area contributed by atoms with Crippen LogP contribution in [-0.2, 0) is 27.7 Å². The highest BCUT2D eigenvalue weighted by Crippen LogP contribution is 2.47. The fraction of sp³-hybridized carbons (Fsp3) is 0.458. The lowest BCUT2D eigenvalue weighted by Gasteiger charge is -2.28. The fourth-order valence-corrected chi connectivity index (χ4v) is 6.59. The van der Waals surface area contributed by atoms with E-state index in [2.05, 4.69) is 16.1 Å². The number of benzene rings is 2. The number of anilines is 1. The van der Waals surface area contributed by atoms with Gasteiger partial charge in [-0.2, -0.15) is 0 Å². The number of carbonyl (C=O) groups is 1. The van der Waals surface area contributed by atoms with E-state index in [0.717, 1.165) is 36.2 Å². The number of hydrogen-bond acceptors (Lipinski definition) is 5. The summed E-state index contributed by atoms with van der Waals surface area (Å²) < 4.78 is 34.3. The predicted octanol–water partition coefficient (Wildman–Crippen LogP) is 3.86. The third-order valence-electron chi connectivity index (χ3n) is 7.04. The number of sulfonamides is 1. The van der Waals surface area contributed by atoms with Gasteiger partial charge in [-0.25, -0.2) is 13.1 Å². The van der Waals surface area contributed by atoms with E-state index in [1.165, 1.54) is 30.4 Å². The Hall–Kier alpha value is -2.54. The average molecular weight is 441 g/mol. The lowest BCUT2D eigenvalue weighted by atomic mass is 9.77. The molecule has 2 aliphatic carbocycles. The summed E-state index contributed by atoms with van der Waals surface area (Å²) in [7, 11) is -2.36. The second kappa shape index (κ2) is 7.86. The van der Waals surface area contributed by atoms with E-state index in [9.17, 15) is 13.2 Å². The normalized spacial score (nSPS) is 20.2. The number of rotatable bonds is 5. The maximum absolute atomic E-state index is 13.2. The van der Waals surface area contributed by atoms with Crippen molar-refractivity contribution in [3.8, 4) is 5.75 Å². The average Bonchev–Trinajstić information content (AvgIpc) is 3.18. The number of hydrogen-bond donors (Lipinski definition) is 2. The molecule has 2 N–H and O–H groups in total. The Kier molecular flexibility index (Phi) is 5.16. The maximum Gasteiger partial charge on any atom is 0.264 e. The van der Waals surface area contributed by atoms with Gasteiger partial charge < -0.3 is 10.1 Å². The van der Waals surface area contributed by atoms with Crippen LogP contribution in [0, 0.1) is 0 Å². The van der Waals surface area contributed by atoms with E-state index >= 15 is 0 Å². The largest absolute Gasteiger partial charge is 0.496 e. The monoisotopic (exact) mass is 440 g/mol. The highest BCUT2D eigenvalue weighted by Gasteiger charge is 2.37. The van der Waals surface area contributed by atoms with Gasteiger partial charge in [0, 0.05) is 17.8 Å². The van der Waals surface area contributed by atoms with Crippen LogP contribution >= 0.6 is 0 Å². The molecular weight excluding hydrogens is 412 g/mol. The minimum atomic E-state index is -3.96. The van der Waals surface area contributed by atoms with Gasteiger partial charge in [-0.05, 0) is 79.3 Å². The third-order valence-corrected chi connectivity index (χ3v) is 8.47. The Morgan fingerprint density at radius 2 is 1.90 bits per heavy atom. The number of fused-ring (bicyclic) bond motifs is 2. The van der Waals surface area contributed by atoms with Crippen molar-refractivity contribution >= 4 is 21.6 Å². The van der Waals surface area contributed by atoms with E-state index in [0.29, 0.717) is 24.5 Å². The van der Waals surface area contributed by atoms with Crippen molar-refractivity contribution < 1.29 is 17.9 Å². The summed E-state index contributed by atoms with van der Waals surface area (Å²) >= 11 is 0. The van der Waals surface area contributed by atoms with Gasteiger partial charge >= 0.3 is 0 Å². The van der Waals surface area contributed by atoms with Crippen LogP contribution in [0.4, 0.5) is 5.69 Å². The molecule has 1 fully saturated rings. The number of ether oxygens (including phenoxy) is 1. The molecule has 0 radical (unpaired) electrons. The van der Waals surface area contributed by atoms with Crippen LogP contribution in [0.1, 0.15) is 66.2 Å². The molecule has 31 heavy (non-hydrogen) atoms. The summed E-state index contributed by atoms with van der Waals surface area (Å²) in [5.74, 6) is 0.240. The molecule has 0 bridgehead atoms. The lowest BCUT2D eigenvalue weighted by molar-refractivity contribution is -0.120. The highest BCUT2D eigenvalue weighted by atomic mass is 32.2. The van der Waals surface area contributed by atoms with Gasteiger partial charge in [0.2, 0.25) is 5.91 Å². The number of carbonyl (C=O) groups excluding carboxylic acids is 1. The first-order chi connectivity index (χ1) is 15.0. The zero-order valence-electron chi connectivity index (χ0n) is 17.7. The molecule has 1 amide bonds. The van der Waals surface area contributed by atoms with Crippen LogP contribution in [0.15, 0.2) is 35.2 Å². The first kappa shape index (κ1) is 20.4. The molecule has 1 saturated carbocycles. The molecule has 1 unspecified atom stereocenters. The molecule has 5 rings (SSSR count). The molecule has 2 aromatic carbocycles. The number of nitrogens with one attached hydrogen (secondary N) is 2. The summed E-state index contributed by atoms with van der Waals surface area (Å²) in [4.78, 5) is 13.4. The van der Waals surface area contributed by atoms with Gasteiger partial charge in [-0.3, -0.25) is 4.79 Å². The van der Waals surface area contributed by atoms with Crippen LogP contribution in [0.5, 0.6) is 5.75 Å². The first-order valence-electron chi connectivity index (χ1n) is 11.1. The third kappa shape index (κ3) is 3.49. The van der Waals surface area contributed by atoms with Gasteiger partial charge in [0.05, 0.1) is 17.9 Å². The Morgan fingerprint density at radius 3 is 2.65 bits per heavy atom. The molecule has 1 atom stereocenters. The molecule has 7 heteroatoms. The summed E-state index contributed by atoms with van der Waals surface area (Å²) in [6.07, 6.45) is 6.52. The second-order valence-electron chi connectivity index (χ2n) is 8.75. The quantitative estimate of drug-likeness (QED) is 0.738. The van der Waals surface area contributed by atoms with Gasteiger partial charge in [-0.15, -0.1) is 0 Å². The smallest absolute Gasteiger partial charge is 0.264 e. The molecule has 6 nitrogen and oxygen atoms in total. The molecule has 0 saturated heterocycles. The van der Waals surface area contributed by atoms with Crippen LogP contribution in [0.25, 0.3) is 0 Å². The van der Waals surface area contributed by atoms with Crippen LogP contribution in [0.3, 0.4) is 0 Å². The van der Waals surface area contributed by atoms with Crippen molar-refractivity contribution in [3.63, 3.8) is 0 Å². The fourth-order valence-electron chi connectivity index (χ4n) is 5.28. The maximum atomic E-state index is 13.2. The van der Waals surface area contributed by atoms with E-state index in [-0.39, 0.29) is 4.90 Å². The molecule has 1 heterocycles. The second-order valence-corrected chi connectivity index (χ2v) is 10.4. The Balaban J connectivity index is 1.45. The van der Waals surface area contributed by atoms with Gasteiger partial charge in [0.1, 0.15) is 5.75 Å². The molecule has 164 valence electrons. The molecule has 3 aliphatic rings. The van der Waals surface area contributed by atoms with Crippen molar-refractivity contribution in [2.75, 3.05) is 19.0 Å². The van der Waals surface area contributed by atoms with Gasteiger partial charge in [0.25, 0.3) is 10.0 Å². The van der Waals surface area contributed by atoms with E-state index in [4.69, 9.17) is 4.74 Å². The van der Waals surface area contributed by atoms with Crippen molar-refractivity contribution in [1.29, 1.82) is 0 Å². The van der Waals surface area contributed by atoms with Gasteiger partial charge in [-0.1, -0.05) is 18.6 Å². The molecule has 0 aromatic heterocycles. The van der Waals surface area contributed by atoms with E-state index in [1.54, 1.807) is 19.2 Å². The summed E-state index contributed by atoms with van der Waals surface area (Å²) in [6, 6.07) is 9.25. The number of methoxy groups -OCH3 is 1. The Morgan fingerprint density at radius 1 is 1.06 bits per heavy atom. The van der Waals surface area contributed by atoms with Crippen molar-refractivity contribution in [1.82, 2.24) is 4.72 Å². The summed E-state index contributed by atoms with van der Waals surface area (Å²) in [5.41, 5.74) is 4.95. The van der Waals surface area contributed by atoms with Crippen molar-refractivity contribution in [2.24, 2.45) is 0 Å². The first-order valence-corrected chi connectivity index (χ1v) is 12.6. The Bertz CT molecular complexity index is 1140. The molecule has 0 spiro atoms. The summed E-state index contributed by atoms with van der Waals surface area (Å²) in [5, 5.41) is 3.25. The lowest BCUT2D eigenvalue weighted by Crippen LogP contribution is -2.35. The van der Waals surface area contributed by atoms with Crippen LogP contribution in [-0.4, -0.2) is 28.0 Å². The van der Waals surface area contributed by atoms with Crippen molar-refractivity contribution in [2.45, 2.75) is 61.7 Å². The zero-order valence-corrected chi connectivity index (χ0v) is 18.6. The van der Waals surface area contributed by atoms with Crippen molar-refractivity contribution in [3.05, 3.63) is 52.6 Å². The van der Waals surface area contributed by atoms with Crippen LogP contribution in [0.2, 0.25) is 0 Å². The number of amides is 1. The SMILES string of the molecule is COc1ccc(C2CCC2)c2c1C(C(=O)NS(=O)(=O)c1cccc3c1CCCN3)CC2. The Labute approximate surface area is 183 Å². The topological polar surface area (TPSA) is 84.5 Å². The molecule has 2 aromatic rings. The van der Waals surface area contributed by atoms with E-state index in [1.807, 2.05) is 12.1 Å². The van der Waals surface area contributed by atoms with E-state index < -0.39 is 21.8 Å². The standard InChI is InChI=1S/C24H28N2O4S/c1-30-21-13-12-16(15-5-2-6-15)17-10-11-19(23(17)21)24(27)26-31(28,29)22-9-3-8-20-18(22)7-4-14-25-20/h3,8-9,12-13,15,19,25H,2,4-7,10-11,14H2,1H3,(H,26,27). The van der Waals surface area contributed by atoms with Crippen LogP contribution < -0.4 is 14.8 Å². The summed E-state index contributed by atoms with van der Waals surface area (Å²) in [6.45, 7) is 0.824. The van der Waals surface area contributed by atoms with Gasteiger partial charge in [0.15, 0.2) is 0 Å². The molecular formula is C24H28N2O4S. The highest BCUT2D eigenvalue weighted by molar-refractivity contribution is 7.90. The zero-order chi connectivity index (χ0) is 21.6. The minimum Gasteiger partial charge on any atom is -0.496 e. The predicted molar refractivity (Wildman–Crippen MR) is 119 cm³/mol. The molecule has 1 aliphatic heterocycles.